The molecule has 0 radical (unpaired) electrons. The van der Waals surface area contributed by atoms with Gasteiger partial charge in [-0.25, -0.2) is 4.72 Å². The van der Waals surface area contributed by atoms with E-state index in [1.807, 2.05) is 41.0 Å². The predicted octanol–water partition coefficient (Wildman–Crippen LogP) is 2.53. The van der Waals surface area contributed by atoms with Crippen LogP contribution < -0.4 is 15.2 Å². The highest BCUT2D eigenvalue weighted by Crippen LogP contribution is 2.57. The van der Waals surface area contributed by atoms with Crippen molar-refractivity contribution in [3.63, 3.8) is 0 Å². The molecule has 0 bridgehead atoms. The Hall–Kier alpha value is -3.29. The van der Waals surface area contributed by atoms with Crippen LogP contribution in [-0.2, 0) is 31.1 Å². The van der Waals surface area contributed by atoms with E-state index in [2.05, 4.69) is 11.6 Å². The van der Waals surface area contributed by atoms with E-state index in [9.17, 15) is 22.8 Å². The van der Waals surface area contributed by atoms with Crippen molar-refractivity contribution >= 4 is 38.8 Å². The van der Waals surface area contributed by atoms with E-state index in [4.69, 9.17) is 15.5 Å². The van der Waals surface area contributed by atoms with E-state index in [0.29, 0.717) is 25.4 Å². The molecular formula is C31H44N6O6S. The Bertz CT molecular complexity index is 1540. The van der Waals surface area contributed by atoms with Crippen molar-refractivity contribution in [1.29, 1.82) is 0 Å². The number of nitrogens with one attached hydrogen (secondary N) is 1. The van der Waals surface area contributed by atoms with Gasteiger partial charge < -0.3 is 15.4 Å². The minimum absolute atomic E-state index is 0.163. The number of imidazole rings is 1. The van der Waals surface area contributed by atoms with E-state index >= 15 is 0 Å². The first kappa shape index (κ1) is 32.1. The van der Waals surface area contributed by atoms with Crippen molar-refractivity contribution in [2.75, 3.05) is 20.6 Å². The molecule has 1 saturated heterocycles. The van der Waals surface area contributed by atoms with Gasteiger partial charge in [-0.15, -0.1) is 0 Å². The number of para-hydroxylation sites is 2. The Labute approximate surface area is 259 Å². The summed E-state index contributed by atoms with van der Waals surface area (Å²) in [4.78, 5) is 47.4. The summed E-state index contributed by atoms with van der Waals surface area (Å²) in [7, 11) is -1.39. The molecule has 1 aliphatic carbocycles. The number of carbonyl (C=O) groups excluding carboxylic acids is 3. The normalized spacial score (nSPS) is 29.1. The van der Waals surface area contributed by atoms with Gasteiger partial charge >= 0.3 is 10.2 Å². The van der Waals surface area contributed by atoms with E-state index in [1.54, 1.807) is 0 Å². The van der Waals surface area contributed by atoms with Crippen molar-refractivity contribution < 1.29 is 27.5 Å². The molecule has 12 nitrogen and oxygen atoms in total. The Kier molecular flexibility index (Phi) is 9.47. The molecule has 3 N–H and O–H groups in total. The van der Waals surface area contributed by atoms with Crippen LogP contribution in [0, 0.1) is 11.3 Å². The molecule has 3 heterocycles. The fraction of sp³-hybridized carbons (Fsp3) is 0.613. The molecule has 5 atom stereocenters. The van der Waals surface area contributed by atoms with Crippen molar-refractivity contribution in [2.45, 2.75) is 89.4 Å². The first-order valence-electron chi connectivity index (χ1n) is 15.6. The standard InChI is InChI=1S/C31H44N6O6S/c1-4-16-36-25-15-11-10-14-24(25)33-30(36)43-22-17-26-27(38)19-31(29(40)34-44(41,42)35(2)3)18-21(31)12-8-6-5-7-9-13-23(32)28(39)37(26)20-22/h8,10-12,14-15,21-23,26H,4-7,9,13,16-20,32H2,1-3H3,(H,34,40)/b12-8-/t21-,22+,23-,26-,31+/m0/s1. The molecule has 13 heteroatoms. The Morgan fingerprint density at radius 2 is 1.98 bits per heavy atom. The third-order valence-corrected chi connectivity index (χ3v) is 10.5. The first-order chi connectivity index (χ1) is 21.0. The fourth-order valence-corrected chi connectivity index (χ4v) is 7.05. The van der Waals surface area contributed by atoms with Gasteiger partial charge in [0.15, 0.2) is 5.78 Å². The van der Waals surface area contributed by atoms with Crippen LogP contribution in [0.15, 0.2) is 36.4 Å². The maximum absolute atomic E-state index is 14.1. The minimum atomic E-state index is -4.05. The molecule has 0 spiro atoms. The van der Waals surface area contributed by atoms with E-state index < -0.39 is 39.7 Å². The van der Waals surface area contributed by atoms with Crippen LogP contribution >= 0.6 is 0 Å². The number of nitrogens with zero attached hydrogens (tertiary/aromatic N) is 4. The average Bonchev–Trinajstić information content (AvgIpc) is 3.33. The molecule has 2 amide bonds. The highest BCUT2D eigenvalue weighted by Gasteiger charge is 2.61. The molecule has 0 unspecified atom stereocenters. The molecular weight excluding hydrogens is 584 g/mol. The number of ether oxygens (including phenoxy) is 1. The third kappa shape index (κ3) is 6.54. The molecule has 1 aromatic carbocycles. The number of Topliss-reactive ketones (excluding diaryl/α,β-unsaturated/α-hetero) is 1. The highest BCUT2D eigenvalue weighted by atomic mass is 32.2. The van der Waals surface area contributed by atoms with Crippen LogP contribution in [0.5, 0.6) is 6.01 Å². The van der Waals surface area contributed by atoms with Crippen LogP contribution in [0.2, 0.25) is 0 Å². The summed E-state index contributed by atoms with van der Waals surface area (Å²) in [5.41, 5.74) is 6.91. The Morgan fingerprint density at radius 1 is 1.20 bits per heavy atom. The number of amides is 2. The second kappa shape index (κ2) is 13.0. The fourth-order valence-electron chi connectivity index (χ4n) is 6.43. The quantitative estimate of drug-likeness (QED) is 0.443. The van der Waals surface area contributed by atoms with Crippen LogP contribution in [0.3, 0.4) is 0 Å². The van der Waals surface area contributed by atoms with Crippen molar-refractivity contribution in [3.05, 3.63) is 36.4 Å². The summed E-state index contributed by atoms with van der Waals surface area (Å²) in [5, 5.41) is 0. The summed E-state index contributed by atoms with van der Waals surface area (Å²) in [5.74, 6) is -1.60. The molecule has 44 heavy (non-hydrogen) atoms. The van der Waals surface area contributed by atoms with Crippen molar-refractivity contribution in [1.82, 2.24) is 23.5 Å². The molecule has 3 aliphatic rings. The SMILES string of the molecule is CCCn1c(O[C@@H]2C[C@H]3C(=O)C[C@]4(C(=O)NS(=O)(=O)N(C)C)C[C@@H]4/C=C\CCCCC[C@H](N)C(=O)N3C2)nc2ccccc21. The number of hydrogen-bond donors (Lipinski definition) is 2. The lowest BCUT2D eigenvalue weighted by Gasteiger charge is -2.27. The summed E-state index contributed by atoms with van der Waals surface area (Å²) in [6, 6.07) is 6.58. The van der Waals surface area contributed by atoms with E-state index in [1.165, 1.54) is 19.0 Å². The second-order valence-electron chi connectivity index (χ2n) is 12.5. The molecule has 1 saturated carbocycles. The molecule has 2 fully saturated rings. The molecule has 2 aliphatic heterocycles. The van der Waals surface area contributed by atoms with Gasteiger partial charge in [0, 0.05) is 33.5 Å². The summed E-state index contributed by atoms with van der Waals surface area (Å²) >= 11 is 0. The molecule has 1 aromatic heterocycles. The number of allylic oxidation sites excluding steroid dienone is 2. The number of fused-ring (bicyclic) bond motifs is 3. The van der Waals surface area contributed by atoms with E-state index in [0.717, 1.165) is 47.4 Å². The van der Waals surface area contributed by atoms with Crippen LogP contribution in [0.4, 0.5) is 0 Å². The van der Waals surface area contributed by atoms with Gasteiger partial charge in [-0.2, -0.15) is 17.7 Å². The number of nitrogens with two attached hydrogens (primary N) is 1. The smallest absolute Gasteiger partial charge is 0.303 e. The van der Waals surface area contributed by atoms with Crippen LogP contribution in [0.25, 0.3) is 11.0 Å². The van der Waals surface area contributed by atoms with Gasteiger partial charge in [0.1, 0.15) is 6.10 Å². The summed E-state index contributed by atoms with van der Waals surface area (Å²) in [6.45, 7) is 2.93. The van der Waals surface area contributed by atoms with Gasteiger partial charge in [-0.1, -0.05) is 44.1 Å². The number of aryl methyl sites for hydroxylation is 1. The number of carbonyl (C=O) groups is 3. The van der Waals surface area contributed by atoms with Crippen molar-refractivity contribution in [3.8, 4) is 6.01 Å². The monoisotopic (exact) mass is 628 g/mol. The predicted molar refractivity (Wildman–Crippen MR) is 166 cm³/mol. The summed E-state index contributed by atoms with van der Waals surface area (Å²) in [6.07, 6.45) is 8.55. The number of rotatable bonds is 7. The van der Waals surface area contributed by atoms with Gasteiger partial charge in [-0.3, -0.25) is 19.0 Å². The number of hydrogen-bond acceptors (Lipinski definition) is 8. The third-order valence-electron chi connectivity index (χ3n) is 9.11. The largest absolute Gasteiger partial charge is 0.459 e. The van der Waals surface area contributed by atoms with Gasteiger partial charge in [0.25, 0.3) is 6.01 Å². The maximum atomic E-state index is 14.1. The average molecular weight is 629 g/mol. The van der Waals surface area contributed by atoms with Crippen LogP contribution in [0.1, 0.15) is 64.7 Å². The molecule has 5 rings (SSSR count). The van der Waals surface area contributed by atoms with Crippen molar-refractivity contribution in [2.24, 2.45) is 17.1 Å². The molecule has 240 valence electrons. The zero-order valence-electron chi connectivity index (χ0n) is 25.8. The lowest BCUT2D eigenvalue weighted by atomic mass is 9.91. The zero-order valence-corrected chi connectivity index (χ0v) is 26.6. The minimum Gasteiger partial charge on any atom is -0.459 e. The lowest BCUT2D eigenvalue weighted by Crippen LogP contribution is -2.50. The topological polar surface area (TPSA) is 157 Å². The Morgan fingerprint density at radius 3 is 2.73 bits per heavy atom. The number of benzene rings is 1. The summed E-state index contributed by atoms with van der Waals surface area (Å²) < 4.78 is 36.6. The van der Waals surface area contributed by atoms with Crippen LogP contribution in [-0.4, -0.2) is 83.6 Å². The lowest BCUT2D eigenvalue weighted by molar-refractivity contribution is -0.140. The number of aromatic nitrogens is 2. The van der Waals surface area contributed by atoms with Gasteiger partial charge in [0.2, 0.25) is 11.8 Å². The second-order valence-corrected chi connectivity index (χ2v) is 14.4. The first-order valence-corrected chi connectivity index (χ1v) is 17.0. The zero-order chi connectivity index (χ0) is 31.6. The van der Waals surface area contributed by atoms with Gasteiger partial charge in [-0.05, 0) is 50.2 Å². The van der Waals surface area contributed by atoms with E-state index in [-0.39, 0.29) is 37.0 Å². The highest BCUT2D eigenvalue weighted by molar-refractivity contribution is 7.87. The molecule has 2 aromatic rings. The number of ketones is 1. The Balaban J connectivity index is 1.43. The maximum Gasteiger partial charge on any atom is 0.303 e. The van der Waals surface area contributed by atoms with Gasteiger partial charge in [0.05, 0.1) is 35.1 Å².